The van der Waals surface area contributed by atoms with Gasteiger partial charge in [0.2, 0.25) is 0 Å². The third kappa shape index (κ3) is 4.67. The molecule has 3 rings (SSSR count). The molecule has 2 aromatic heterocycles. The Balaban J connectivity index is 1.77. The van der Waals surface area contributed by atoms with Crippen molar-refractivity contribution in [3.63, 3.8) is 0 Å². The third-order valence-electron chi connectivity index (χ3n) is 5.52. The maximum Gasteiger partial charge on any atom is 0.306 e. The van der Waals surface area contributed by atoms with Crippen LogP contribution >= 0.6 is 0 Å². The minimum Gasteiger partial charge on any atom is -0.466 e. The van der Waals surface area contributed by atoms with E-state index < -0.39 is 0 Å². The number of carbonyl (C=O) groups is 1. The summed E-state index contributed by atoms with van der Waals surface area (Å²) in [6.45, 7) is 5.33. The largest absolute Gasteiger partial charge is 0.466 e. The van der Waals surface area contributed by atoms with Crippen LogP contribution in [0.5, 0.6) is 0 Å². The van der Waals surface area contributed by atoms with Gasteiger partial charge in [0.15, 0.2) is 5.65 Å². The smallest absolute Gasteiger partial charge is 0.306 e. The van der Waals surface area contributed by atoms with Crippen LogP contribution in [-0.2, 0) is 22.5 Å². The van der Waals surface area contributed by atoms with Crippen molar-refractivity contribution in [3.8, 4) is 0 Å². The number of nitrogens with zero attached hydrogens (tertiary/aromatic N) is 4. The fraction of sp³-hybridized carbons (Fsp3) is 0.667. The number of rotatable bonds is 7. The van der Waals surface area contributed by atoms with E-state index in [4.69, 9.17) is 9.72 Å². The Morgan fingerprint density at radius 1 is 1.26 bits per heavy atom. The first-order chi connectivity index (χ1) is 13.0. The van der Waals surface area contributed by atoms with Gasteiger partial charge in [-0.2, -0.15) is 5.10 Å². The zero-order chi connectivity index (χ0) is 19.4. The summed E-state index contributed by atoms with van der Waals surface area (Å²) in [6.07, 6.45) is 7.75. The molecule has 6 heteroatoms. The molecule has 0 radical (unpaired) electrons. The minimum absolute atomic E-state index is 0.0550. The maximum absolute atomic E-state index is 11.7. The van der Waals surface area contributed by atoms with Crippen molar-refractivity contribution in [2.24, 2.45) is 5.92 Å². The van der Waals surface area contributed by atoms with Crippen LogP contribution in [0.3, 0.4) is 0 Å². The summed E-state index contributed by atoms with van der Waals surface area (Å²) >= 11 is 0. The quantitative estimate of drug-likeness (QED) is 0.695. The van der Waals surface area contributed by atoms with Crippen LogP contribution in [0.2, 0.25) is 0 Å². The summed E-state index contributed by atoms with van der Waals surface area (Å²) in [4.78, 5) is 18.9. The Morgan fingerprint density at radius 3 is 2.63 bits per heavy atom. The number of carbonyl (C=O) groups excluding carboxylic acids is 1. The van der Waals surface area contributed by atoms with Crippen molar-refractivity contribution in [3.05, 3.63) is 29.2 Å². The zero-order valence-corrected chi connectivity index (χ0v) is 17.1. The van der Waals surface area contributed by atoms with Crippen LogP contribution in [0.25, 0.3) is 5.65 Å². The summed E-state index contributed by atoms with van der Waals surface area (Å²) in [5, 5.41) is 4.57. The van der Waals surface area contributed by atoms with Gasteiger partial charge < -0.3 is 9.64 Å². The van der Waals surface area contributed by atoms with Crippen molar-refractivity contribution in [1.29, 1.82) is 0 Å². The number of aryl methyl sites for hydroxylation is 1. The van der Waals surface area contributed by atoms with Gasteiger partial charge >= 0.3 is 5.97 Å². The topological polar surface area (TPSA) is 59.7 Å². The third-order valence-corrected chi connectivity index (χ3v) is 5.52. The molecule has 2 heterocycles. The summed E-state index contributed by atoms with van der Waals surface area (Å²) in [7, 11) is 4.16. The van der Waals surface area contributed by atoms with E-state index in [0.717, 1.165) is 44.3 Å². The molecule has 148 valence electrons. The van der Waals surface area contributed by atoms with Gasteiger partial charge in [0.05, 0.1) is 18.5 Å². The highest BCUT2D eigenvalue weighted by molar-refractivity contribution is 5.69. The Bertz CT molecular complexity index is 776. The van der Waals surface area contributed by atoms with Gasteiger partial charge in [-0.3, -0.25) is 4.79 Å². The average molecular weight is 373 g/mol. The predicted octanol–water partition coefficient (Wildman–Crippen LogP) is 3.58. The molecule has 6 nitrogen and oxygen atoms in total. The van der Waals surface area contributed by atoms with E-state index >= 15 is 0 Å². The van der Waals surface area contributed by atoms with Crippen LogP contribution in [0.4, 0.5) is 0 Å². The second kappa shape index (κ2) is 8.83. The van der Waals surface area contributed by atoms with Crippen LogP contribution in [0.1, 0.15) is 68.8 Å². The van der Waals surface area contributed by atoms with Crippen molar-refractivity contribution in [2.45, 2.75) is 64.8 Å². The fourth-order valence-corrected chi connectivity index (χ4v) is 4.10. The standard InChI is InChI=1S/C21H32N4O2/c1-5-16-13-22-25-18(14-24(3)4)12-19(23-21(16)25)17-9-7-15(8-10-17)11-20(26)27-6-2/h12-13,15,17H,5-11,14H2,1-4H3. The molecule has 0 aromatic carbocycles. The van der Waals surface area contributed by atoms with E-state index in [9.17, 15) is 4.79 Å². The molecule has 0 N–H and O–H groups in total. The molecule has 0 aliphatic heterocycles. The summed E-state index contributed by atoms with van der Waals surface area (Å²) in [5.41, 5.74) is 4.57. The lowest BCUT2D eigenvalue weighted by Gasteiger charge is -2.28. The Kier molecular flexibility index (Phi) is 6.47. The van der Waals surface area contributed by atoms with Crippen LogP contribution in [0, 0.1) is 5.92 Å². The highest BCUT2D eigenvalue weighted by atomic mass is 16.5. The van der Waals surface area contributed by atoms with E-state index in [1.54, 1.807) is 0 Å². The molecule has 1 aliphatic rings. The second-order valence-electron chi connectivity index (χ2n) is 7.90. The lowest BCUT2D eigenvalue weighted by Crippen LogP contribution is -2.20. The van der Waals surface area contributed by atoms with Crippen LogP contribution in [-0.4, -0.2) is 46.2 Å². The second-order valence-corrected chi connectivity index (χ2v) is 7.90. The summed E-state index contributed by atoms with van der Waals surface area (Å²) < 4.78 is 7.10. The van der Waals surface area contributed by atoms with Gasteiger partial charge in [0.25, 0.3) is 0 Å². The molecule has 0 spiro atoms. The number of aromatic nitrogens is 3. The predicted molar refractivity (Wildman–Crippen MR) is 106 cm³/mol. The molecule has 1 saturated carbocycles. The fourth-order valence-electron chi connectivity index (χ4n) is 4.10. The highest BCUT2D eigenvalue weighted by Crippen LogP contribution is 2.37. The molecule has 0 amide bonds. The van der Waals surface area contributed by atoms with Gasteiger partial charge in [-0.1, -0.05) is 6.92 Å². The van der Waals surface area contributed by atoms with Gasteiger partial charge in [-0.15, -0.1) is 0 Å². The van der Waals surface area contributed by atoms with Crippen LogP contribution < -0.4 is 0 Å². The molecule has 0 bridgehead atoms. The molecular formula is C21H32N4O2. The summed E-state index contributed by atoms with van der Waals surface area (Å²) in [6, 6.07) is 2.23. The van der Waals surface area contributed by atoms with E-state index in [2.05, 4.69) is 37.1 Å². The molecule has 0 unspecified atom stereocenters. The average Bonchev–Trinajstić information content (AvgIpc) is 3.05. The number of ether oxygens (including phenoxy) is 1. The molecule has 1 aliphatic carbocycles. The Hall–Kier alpha value is -1.95. The highest BCUT2D eigenvalue weighted by Gasteiger charge is 2.26. The summed E-state index contributed by atoms with van der Waals surface area (Å²) in [5.74, 6) is 0.862. The molecule has 2 aromatic rings. The first kappa shape index (κ1) is 19.8. The first-order valence-electron chi connectivity index (χ1n) is 10.2. The lowest BCUT2D eigenvalue weighted by atomic mass is 9.79. The normalized spacial score (nSPS) is 20.3. The van der Waals surface area contributed by atoms with Crippen molar-refractivity contribution < 1.29 is 9.53 Å². The van der Waals surface area contributed by atoms with Gasteiger partial charge in [0, 0.05) is 30.1 Å². The molecule has 27 heavy (non-hydrogen) atoms. The molecule has 1 fully saturated rings. The van der Waals surface area contributed by atoms with Gasteiger partial charge in [-0.05, 0) is 65.1 Å². The monoisotopic (exact) mass is 372 g/mol. The van der Waals surface area contributed by atoms with Crippen molar-refractivity contribution in [1.82, 2.24) is 19.5 Å². The SMILES string of the molecule is CCOC(=O)CC1CCC(c2cc(CN(C)C)n3ncc(CC)c3n2)CC1. The molecule has 0 saturated heterocycles. The number of hydrogen-bond acceptors (Lipinski definition) is 5. The lowest BCUT2D eigenvalue weighted by molar-refractivity contribution is -0.144. The number of hydrogen-bond donors (Lipinski definition) is 0. The first-order valence-corrected chi connectivity index (χ1v) is 10.2. The Morgan fingerprint density at radius 2 is 2.00 bits per heavy atom. The van der Waals surface area contributed by atoms with Gasteiger partial charge in [0.1, 0.15) is 0 Å². The Labute approximate surface area is 161 Å². The minimum atomic E-state index is -0.0550. The number of esters is 1. The van der Waals surface area contributed by atoms with E-state index in [0.29, 0.717) is 24.9 Å². The van der Waals surface area contributed by atoms with Crippen LogP contribution in [0.15, 0.2) is 12.3 Å². The van der Waals surface area contributed by atoms with E-state index in [-0.39, 0.29) is 5.97 Å². The number of fused-ring (bicyclic) bond motifs is 1. The zero-order valence-electron chi connectivity index (χ0n) is 17.1. The van der Waals surface area contributed by atoms with E-state index in [1.165, 1.54) is 17.0 Å². The van der Waals surface area contributed by atoms with E-state index in [1.807, 2.05) is 17.6 Å². The van der Waals surface area contributed by atoms with Gasteiger partial charge in [-0.25, -0.2) is 9.50 Å². The van der Waals surface area contributed by atoms with Crippen molar-refractivity contribution in [2.75, 3.05) is 20.7 Å². The maximum atomic E-state index is 11.7. The molecular weight excluding hydrogens is 340 g/mol. The molecule has 0 atom stereocenters. The van der Waals surface area contributed by atoms with Crippen molar-refractivity contribution >= 4 is 11.6 Å².